The molecule has 8 heteroatoms. The molecule has 0 spiro atoms. The van der Waals surface area contributed by atoms with Gasteiger partial charge in [-0.1, -0.05) is 30.3 Å². The zero-order chi connectivity index (χ0) is 21.1. The number of rotatable bonds is 5. The van der Waals surface area contributed by atoms with Crippen molar-refractivity contribution < 1.29 is 8.42 Å². The molecule has 7 nitrogen and oxygen atoms in total. The van der Waals surface area contributed by atoms with E-state index in [0.29, 0.717) is 25.1 Å². The van der Waals surface area contributed by atoms with Gasteiger partial charge in [-0.2, -0.15) is 9.57 Å². The van der Waals surface area contributed by atoms with E-state index < -0.39 is 10.0 Å². The molecular weight excluding hydrogens is 398 g/mol. The summed E-state index contributed by atoms with van der Waals surface area (Å²) >= 11 is 0. The number of sulfonamides is 1. The first-order valence-corrected chi connectivity index (χ1v) is 11.6. The van der Waals surface area contributed by atoms with Gasteiger partial charge in [-0.05, 0) is 35.7 Å². The van der Waals surface area contributed by atoms with Gasteiger partial charge in [-0.3, -0.25) is 0 Å². The monoisotopic (exact) mass is 421 g/mol. The lowest BCUT2D eigenvalue weighted by Gasteiger charge is -2.31. The molecule has 0 bridgehead atoms. The molecule has 1 atom stereocenters. The lowest BCUT2D eigenvalue weighted by molar-refractivity contribution is 0.320. The fourth-order valence-electron chi connectivity index (χ4n) is 3.99. The van der Waals surface area contributed by atoms with E-state index in [1.54, 1.807) is 22.8 Å². The number of fused-ring (bicyclic) bond motifs is 1. The van der Waals surface area contributed by atoms with Crippen molar-refractivity contribution in [3.63, 3.8) is 0 Å². The summed E-state index contributed by atoms with van der Waals surface area (Å²) in [6.45, 7) is 1.30. The number of nitrogens with zero attached hydrogens (tertiary/aromatic N) is 4. The fourth-order valence-corrected chi connectivity index (χ4v) is 5.05. The van der Waals surface area contributed by atoms with Crippen LogP contribution in [0.1, 0.15) is 22.4 Å². The minimum absolute atomic E-state index is 0.234. The van der Waals surface area contributed by atoms with E-state index in [0.717, 1.165) is 22.5 Å². The van der Waals surface area contributed by atoms with Crippen LogP contribution in [-0.4, -0.2) is 41.5 Å². The maximum Gasteiger partial charge on any atom is 0.211 e. The number of anilines is 1. The lowest BCUT2D eigenvalue weighted by atomic mass is 10.1. The molecule has 4 rings (SSSR count). The van der Waals surface area contributed by atoms with Gasteiger partial charge in [0.25, 0.3) is 0 Å². The summed E-state index contributed by atoms with van der Waals surface area (Å²) in [5.41, 5.74) is 4.23. The van der Waals surface area contributed by atoms with Gasteiger partial charge in [0.15, 0.2) is 0 Å². The number of imidazole rings is 1. The van der Waals surface area contributed by atoms with Crippen LogP contribution in [0.2, 0.25) is 0 Å². The Morgan fingerprint density at radius 2 is 2.03 bits per heavy atom. The Balaban J connectivity index is 1.77. The molecule has 1 aliphatic rings. The highest BCUT2D eigenvalue weighted by Gasteiger charge is 2.33. The van der Waals surface area contributed by atoms with Gasteiger partial charge in [0.2, 0.25) is 10.0 Å². The van der Waals surface area contributed by atoms with Crippen LogP contribution in [0.3, 0.4) is 0 Å². The molecule has 2 aromatic carbocycles. The molecule has 0 fully saturated rings. The van der Waals surface area contributed by atoms with E-state index in [9.17, 15) is 13.7 Å². The molecule has 1 unspecified atom stereocenters. The molecule has 0 saturated heterocycles. The normalized spacial score (nSPS) is 17.2. The lowest BCUT2D eigenvalue weighted by Crippen LogP contribution is -2.45. The highest BCUT2D eigenvalue weighted by molar-refractivity contribution is 7.88. The maximum atomic E-state index is 12.8. The number of hydrogen-bond donors (Lipinski definition) is 1. The van der Waals surface area contributed by atoms with Crippen molar-refractivity contribution in [1.82, 2.24) is 14.3 Å². The summed E-state index contributed by atoms with van der Waals surface area (Å²) in [5, 5.41) is 9.35. The molecule has 1 aliphatic heterocycles. The van der Waals surface area contributed by atoms with Crippen LogP contribution < -0.4 is 4.90 Å². The van der Waals surface area contributed by atoms with Gasteiger partial charge in [0.05, 0.1) is 36.5 Å². The van der Waals surface area contributed by atoms with Crippen LogP contribution in [-0.2, 0) is 29.5 Å². The van der Waals surface area contributed by atoms with Gasteiger partial charge in [0, 0.05) is 31.0 Å². The molecule has 3 aromatic rings. The van der Waals surface area contributed by atoms with E-state index in [1.807, 2.05) is 42.6 Å². The minimum Gasteiger partial charge on any atom is -0.364 e. The quantitative estimate of drug-likeness (QED) is 0.684. The average molecular weight is 422 g/mol. The van der Waals surface area contributed by atoms with Gasteiger partial charge in [-0.15, -0.1) is 0 Å². The third kappa shape index (κ3) is 4.37. The van der Waals surface area contributed by atoms with Gasteiger partial charge >= 0.3 is 0 Å². The van der Waals surface area contributed by atoms with Crippen molar-refractivity contribution in [2.24, 2.45) is 0 Å². The standard InChI is InChI=1S/C22H23N5O2S/c1-30(28,29)27-13-19-9-18(11-23)7-8-22(19)26(14-20-12-24-16-25-20)15-21(27)10-17-5-3-2-4-6-17/h2-9,12,16,21H,10,13-15H2,1H3,(H,24,25). The second kappa shape index (κ2) is 8.30. The van der Waals surface area contributed by atoms with Crippen LogP contribution >= 0.6 is 0 Å². The molecule has 0 saturated carbocycles. The van der Waals surface area contributed by atoms with Crippen molar-refractivity contribution >= 4 is 15.7 Å². The third-order valence-corrected chi connectivity index (χ3v) is 6.64. The second-order valence-corrected chi connectivity index (χ2v) is 9.48. The first-order valence-electron chi connectivity index (χ1n) is 9.70. The Hall–Kier alpha value is -3.15. The first kappa shape index (κ1) is 20.1. The Kier molecular flexibility index (Phi) is 5.57. The second-order valence-electron chi connectivity index (χ2n) is 7.55. The Morgan fingerprint density at radius 3 is 2.70 bits per heavy atom. The van der Waals surface area contributed by atoms with E-state index in [1.165, 1.54) is 6.26 Å². The van der Waals surface area contributed by atoms with Gasteiger partial charge < -0.3 is 9.88 Å². The van der Waals surface area contributed by atoms with Crippen molar-refractivity contribution in [3.05, 3.63) is 83.4 Å². The summed E-state index contributed by atoms with van der Waals surface area (Å²) in [5.74, 6) is 0. The smallest absolute Gasteiger partial charge is 0.211 e. The van der Waals surface area contributed by atoms with Crippen LogP contribution in [0.4, 0.5) is 5.69 Å². The van der Waals surface area contributed by atoms with Crippen LogP contribution in [0.15, 0.2) is 61.1 Å². The minimum atomic E-state index is -3.46. The van der Waals surface area contributed by atoms with Crippen molar-refractivity contribution in [3.8, 4) is 6.07 Å². The Bertz CT molecular complexity index is 1150. The molecule has 0 radical (unpaired) electrons. The van der Waals surface area contributed by atoms with E-state index in [4.69, 9.17) is 0 Å². The number of H-pyrrole nitrogens is 1. The number of nitriles is 1. The van der Waals surface area contributed by atoms with Crippen LogP contribution in [0.25, 0.3) is 0 Å². The molecule has 0 amide bonds. The first-order chi connectivity index (χ1) is 14.4. The Labute approximate surface area is 176 Å². The highest BCUT2D eigenvalue weighted by atomic mass is 32.2. The molecular formula is C22H23N5O2S. The molecule has 1 N–H and O–H groups in total. The zero-order valence-corrected chi connectivity index (χ0v) is 17.5. The molecule has 0 aliphatic carbocycles. The van der Waals surface area contributed by atoms with E-state index in [-0.39, 0.29) is 12.6 Å². The molecule has 2 heterocycles. The number of hydrogen-bond acceptors (Lipinski definition) is 5. The predicted octanol–water partition coefficient (Wildman–Crippen LogP) is 2.67. The summed E-state index contributed by atoms with van der Waals surface area (Å²) in [6.07, 6.45) is 5.33. The number of benzene rings is 2. The number of aromatic nitrogens is 2. The predicted molar refractivity (Wildman–Crippen MR) is 115 cm³/mol. The topological polar surface area (TPSA) is 93.1 Å². The summed E-state index contributed by atoms with van der Waals surface area (Å²) in [4.78, 5) is 9.48. The highest BCUT2D eigenvalue weighted by Crippen LogP contribution is 2.31. The van der Waals surface area contributed by atoms with Gasteiger partial charge in [-0.25, -0.2) is 13.4 Å². The zero-order valence-electron chi connectivity index (χ0n) is 16.7. The third-order valence-electron chi connectivity index (χ3n) is 5.36. The molecule has 30 heavy (non-hydrogen) atoms. The average Bonchev–Trinajstić information content (AvgIpc) is 3.18. The van der Waals surface area contributed by atoms with E-state index in [2.05, 4.69) is 20.9 Å². The van der Waals surface area contributed by atoms with Crippen molar-refractivity contribution in [1.29, 1.82) is 5.26 Å². The summed E-state index contributed by atoms with van der Waals surface area (Å²) < 4.78 is 27.1. The SMILES string of the molecule is CS(=O)(=O)N1Cc2cc(C#N)ccc2N(Cc2c[nH]cn2)CC1Cc1ccccc1. The summed E-state index contributed by atoms with van der Waals surface area (Å²) in [6, 6.07) is 17.3. The largest absolute Gasteiger partial charge is 0.364 e. The van der Waals surface area contributed by atoms with Gasteiger partial charge in [0.1, 0.15) is 0 Å². The summed E-state index contributed by atoms with van der Waals surface area (Å²) in [7, 11) is -3.46. The fraction of sp³-hybridized carbons (Fsp3) is 0.273. The molecule has 154 valence electrons. The van der Waals surface area contributed by atoms with Crippen LogP contribution in [0, 0.1) is 11.3 Å². The number of aromatic amines is 1. The maximum absolute atomic E-state index is 12.8. The molecule has 1 aromatic heterocycles. The van der Waals surface area contributed by atoms with E-state index >= 15 is 0 Å². The van der Waals surface area contributed by atoms with Crippen molar-refractivity contribution in [2.75, 3.05) is 17.7 Å². The van der Waals surface area contributed by atoms with Crippen molar-refractivity contribution in [2.45, 2.75) is 25.6 Å². The van der Waals surface area contributed by atoms with Crippen LogP contribution in [0.5, 0.6) is 0 Å². The number of nitrogens with one attached hydrogen (secondary N) is 1. The Morgan fingerprint density at radius 1 is 1.23 bits per heavy atom.